The Kier molecular flexibility index (Phi) is 7.83. The molecular formula is C24H26ClF6N5O3. The van der Waals surface area contributed by atoms with E-state index >= 15 is 0 Å². The number of anilines is 2. The summed E-state index contributed by atoms with van der Waals surface area (Å²) in [6.45, 7) is 4.12. The zero-order valence-corrected chi connectivity index (χ0v) is 21.3. The molecule has 0 atom stereocenters. The monoisotopic (exact) mass is 581 g/mol. The number of nitrogens with one attached hydrogen (secondary N) is 2. The first-order valence-corrected chi connectivity index (χ1v) is 12.5. The van der Waals surface area contributed by atoms with Crippen molar-refractivity contribution in [3.63, 3.8) is 0 Å². The van der Waals surface area contributed by atoms with E-state index in [1.165, 1.54) is 6.07 Å². The summed E-state index contributed by atoms with van der Waals surface area (Å²) >= 11 is 6.03. The van der Waals surface area contributed by atoms with Crippen LogP contribution < -0.4 is 15.5 Å². The van der Waals surface area contributed by atoms with Crippen molar-refractivity contribution in [3.05, 3.63) is 41.2 Å². The number of aliphatic carboxylic acids is 1. The van der Waals surface area contributed by atoms with Gasteiger partial charge in [0.2, 0.25) is 0 Å². The number of alkyl halides is 6. The van der Waals surface area contributed by atoms with Gasteiger partial charge < -0.3 is 20.6 Å². The molecule has 3 fully saturated rings. The van der Waals surface area contributed by atoms with Gasteiger partial charge in [-0.25, -0.2) is 4.79 Å². The minimum atomic E-state index is -5.08. The summed E-state index contributed by atoms with van der Waals surface area (Å²) < 4.78 is 72.1. The summed E-state index contributed by atoms with van der Waals surface area (Å²) in [7, 11) is 0. The van der Waals surface area contributed by atoms with Crippen molar-refractivity contribution in [1.82, 2.24) is 15.1 Å². The minimum absolute atomic E-state index is 0.142. The summed E-state index contributed by atoms with van der Waals surface area (Å²) in [5, 5.41) is 17.6. The van der Waals surface area contributed by atoms with Gasteiger partial charge >= 0.3 is 18.3 Å². The highest BCUT2D eigenvalue weighted by atomic mass is 35.5. The third-order valence-electron chi connectivity index (χ3n) is 7.59. The van der Waals surface area contributed by atoms with E-state index in [1.54, 1.807) is 10.9 Å². The molecule has 0 unspecified atom stereocenters. The molecule has 1 aromatic heterocycles. The topological polar surface area (TPSA) is 99.5 Å². The van der Waals surface area contributed by atoms with E-state index in [-0.39, 0.29) is 16.6 Å². The number of aromatic nitrogens is 2. The van der Waals surface area contributed by atoms with Gasteiger partial charge in [0.05, 0.1) is 28.2 Å². The Balaban J connectivity index is 0.000000448. The molecule has 1 aliphatic carbocycles. The molecule has 0 bridgehead atoms. The fourth-order valence-corrected chi connectivity index (χ4v) is 5.11. The van der Waals surface area contributed by atoms with Gasteiger partial charge in [-0.1, -0.05) is 11.6 Å². The number of rotatable bonds is 4. The summed E-state index contributed by atoms with van der Waals surface area (Å²) in [5.41, 5.74) is -0.0871. The van der Waals surface area contributed by atoms with Crippen LogP contribution in [0.5, 0.6) is 0 Å². The fraction of sp³-hybridized carbons (Fsp3) is 0.542. The highest BCUT2D eigenvalue weighted by Crippen LogP contribution is 2.42. The maximum Gasteiger partial charge on any atom is 0.490 e. The van der Waals surface area contributed by atoms with Gasteiger partial charge in [-0.2, -0.15) is 31.4 Å². The molecule has 2 aromatic rings. The first kappa shape index (κ1) is 29.0. The molecule has 3 heterocycles. The van der Waals surface area contributed by atoms with Gasteiger partial charge in [-0.3, -0.25) is 9.48 Å². The van der Waals surface area contributed by atoms with Crippen LogP contribution in [0, 0.1) is 5.41 Å². The molecule has 15 heteroatoms. The standard InChI is InChI=1S/C22H25ClF3N5O.C2HF3O2/c23-17-10-15(22(24,25)26)2-3-18(17)29-19(32)21(4-1-5-21)31-12-16(11-28-31)30-8-6-20(7-9-30)13-27-14-20;3-2(4,5)1(6)7/h2-3,10-12,27H,1,4-9,13-14H2,(H,29,32);(H,6,7). The van der Waals surface area contributed by atoms with Crippen LogP contribution in [0.2, 0.25) is 5.02 Å². The van der Waals surface area contributed by atoms with Crippen molar-refractivity contribution < 1.29 is 41.0 Å². The van der Waals surface area contributed by atoms with Crippen LogP contribution in [0.3, 0.4) is 0 Å². The summed E-state index contributed by atoms with van der Waals surface area (Å²) in [6.07, 6.45) is -1.45. The largest absolute Gasteiger partial charge is 0.490 e. The number of carboxylic acid groups (broad SMARTS) is 1. The number of hydrogen-bond acceptors (Lipinski definition) is 5. The van der Waals surface area contributed by atoms with Crippen LogP contribution in [0.15, 0.2) is 30.6 Å². The Bertz CT molecular complexity index is 1210. The van der Waals surface area contributed by atoms with Crippen LogP contribution in [0.4, 0.5) is 37.7 Å². The number of carboxylic acids is 1. The Labute approximate surface area is 224 Å². The Morgan fingerprint density at radius 2 is 1.67 bits per heavy atom. The smallest absolute Gasteiger partial charge is 0.475 e. The maximum absolute atomic E-state index is 13.2. The second kappa shape index (κ2) is 10.5. The molecule has 39 heavy (non-hydrogen) atoms. The lowest BCUT2D eigenvalue weighted by atomic mass is 9.73. The SMILES string of the molecule is O=C(Nc1ccc(C(F)(F)F)cc1Cl)C1(n2cc(N3CCC4(CC3)CNC4)cn2)CCC1.O=C(O)C(F)(F)F. The van der Waals surface area contributed by atoms with Gasteiger partial charge in [0.25, 0.3) is 5.91 Å². The van der Waals surface area contributed by atoms with E-state index in [9.17, 15) is 31.1 Å². The number of carbonyl (C=O) groups excluding carboxylic acids is 1. The number of benzene rings is 1. The molecule has 8 nitrogen and oxygen atoms in total. The molecule has 214 valence electrons. The van der Waals surface area contributed by atoms with Gasteiger partial charge in [0, 0.05) is 32.4 Å². The molecule has 2 aliphatic heterocycles. The van der Waals surface area contributed by atoms with E-state index < -0.39 is 29.4 Å². The fourth-order valence-electron chi connectivity index (χ4n) is 4.89. The normalized spacial score (nSPS) is 19.8. The zero-order chi connectivity index (χ0) is 28.6. The summed E-state index contributed by atoms with van der Waals surface area (Å²) in [6, 6.07) is 2.95. The molecule has 1 saturated carbocycles. The Morgan fingerprint density at radius 1 is 1.05 bits per heavy atom. The average Bonchev–Trinajstić information content (AvgIpc) is 3.28. The Morgan fingerprint density at radius 3 is 2.10 bits per heavy atom. The van der Waals surface area contributed by atoms with E-state index in [0.717, 1.165) is 63.3 Å². The molecule has 2 saturated heterocycles. The number of carbonyl (C=O) groups is 2. The van der Waals surface area contributed by atoms with Crippen molar-refractivity contribution >= 4 is 34.9 Å². The van der Waals surface area contributed by atoms with Gasteiger partial charge in [0.1, 0.15) is 5.54 Å². The first-order valence-electron chi connectivity index (χ1n) is 12.1. The number of halogens is 7. The molecule has 3 N–H and O–H groups in total. The highest BCUT2D eigenvalue weighted by molar-refractivity contribution is 6.33. The third kappa shape index (κ3) is 6.11. The van der Waals surface area contributed by atoms with Crippen LogP contribution in [0.25, 0.3) is 0 Å². The third-order valence-corrected chi connectivity index (χ3v) is 7.90. The molecule has 1 aromatic carbocycles. The van der Waals surface area contributed by atoms with Crippen LogP contribution in [-0.2, 0) is 21.3 Å². The van der Waals surface area contributed by atoms with Crippen molar-refractivity contribution in [2.24, 2.45) is 5.41 Å². The molecular weight excluding hydrogens is 556 g/mol. The van der Waals surface area contributed by atoms with Crippen molar-refractivity contribution in [3.8, 4) is 0 Å². The van der Waals surface area contributed by atoms with E-state index in [1.807, 2.05) is 6.20 Å². The van der Waals surface area contributed by atoms with Gasteiger partial charge in [-0.15, -0.1) is 0 Å². The minimum Gasteiger partial charge on any atom is -0.475 e. The lowest BCUT2D eigenvalue weighted by molar-refractivity contribution is -0.192. The second-order valence-electron chi connectivity index (χ2n) is 10.1. The van der Waals surface area contributed by atoms with E-state index in [4.69, 9.17) is 21.5 Å². The number of hydrogen-bond donors (Lipinski definition) is 3. The first-order chi connectivity index (χ1) is 18.2. The van der Waals surface area contributed by atoms with Crippen molar-refractivity contribution in [2.75, 3.05) is 36.4 Å². The van der Waals surface area contributed by atoms with Crippen molar-refractivity contribution in [2.45, 2.75) is 50.0 Å². The molecule has 3 aliphatic rings. The molecule has 0 radical (unpaired) electrons. The number of nitrogens with zero attached hydrogens (tertiary/aromatic N) is 3. The van der Waals surface area contributed by atoms with Crippen molar-refractivity contribution in [1.29, 1.82) is 0 Å². The average molecular weight is 582 g/mol. The number of amides is 1. The van der Waals surface area contributed by atoms with E-state index in [0.29, 0.717) is 18.3 Å². The molecule has 1 spiro atoms. The Hall–Kier alpha value is -3.00. The maximum atomic E-state index is 13.2. The number of piperidine rings is 1. The predicted octanol–water partition coefficient (Wildman–Crippen LogP) is 4.90. The van der Waals surface area contributed by atoms with Crippen LogP contribution in [-0.4, -0.2) is 59.1 Å². The van der Waals surface area contributed by atoms with E-state index in [2.05, 4.69) is 20.6 Å². The van der Waals surface area contributed by atoms with Crippen LogP contribution in [0.1, 0.15) is 37.7 Å². The second-order valence-corrected chi connectivity index (χ2v) is 10.5. The highest BCUT2D eigenvalue weighted by Gasteiger charge is 2.47. The van der Waals surface area contributed by atoms with Gasteiger partial charge in [0.15, 0.2) is 0 Å². The zero-order valence-electron chi connectivity index (χ0n) is 20.5. The summed E-state index contributed by atoms with van der Waals surface area (Å²) in [5.74, 6) is -3.06. The van der Waals surface area contributed by atoms with Gasteiger partial charge in [-0.05, 0) is 55.7 Å². The van der Waals surface area contributed by atoms with Crippen LogP contribution >= 0.6 is 11.6 Å². The summed E-state index contributed by atoms with van der Waals surface area (Å²) in [4.78, 5) is 24.4. The lowest BCUT2D eigenvalue weighted by Crippen LogP contribution is -2.58. The molecule has 5 rings (SSSR count). The lowest BCUT2D eigenvalue weighted by Gasteiger charge is -2.48. The molecule has 1 amide bonds. The predicted molar refractivity (Wildman–Crippen MR) is 130 cm³/mol. The quantitative estimate of drug-likeness (QED) is 0.445.